The number of hydrogen-bond donors (Lipinski definition) is 1. The van der Waals surface area contributed by atoms with Gasteiger partial charge in [0, 0.05) is 27.9 Å². The number of nitrogens with zero attached hydrogens (tertiary/aromatic N) is 1. The minimum absolute atomic E-state index is 0.111. The van der Waals surface area contributed by atoms with E-state index in [1.54, 1.807) is 0 Å². The second-order valence-corrected chi connectivity index (χ2v) is 7.92. The van der Waals surface area contributed by atoms with Crippen LogP contribution in [0.15, 0.2) is 24.3 Å². The molecule has 2 aromatic rings. The van der Waals surface area contributed by atoms with Crippen LogP contribution in [0.5, 0.6) is 0 Å². The van der Waals surface area contributed by atoms with Gasteiger partial charge in [-0.25, -0.2) is 4.98 Å². The normalized spacial score (nSPS) is 13.4. The number of halogens is 1. The van der Waals surface area contributed by atoms with Gasteiger partial charge in [-0.3, -0.25) is 0 Å². The first-order valence-electron chi connectivity index (χ1n) is 7.23. The van der Waals surface area contributed by atoms with Gasteiger partial charge < -0.3 is 5.32 Å². The molecule has 0 spiro atoms. The monoisotopic (exact) mass is 322 g/mol. The van der Waals surface area contributed by atoms with E-state index in [4.69, 9.17) is 16.6 Å². The maximum absolute atomic E-state index is 6.02. The van der Waals surface area contributed by atoms with Gasteiger partial charge in [-0.1, -0.05) is 44.5 Å². The van der Waals surface area contributed by atoms with E-state index in [2.05, 4.69) is 46.0 Å². The summed E-state index contributed by atoms with van der Waals surface area (Å²) >= 11 is 7.83. The van der Waals surface area contributed by atoms with Crippen molar-refractivity contribution in [1.29, 1.82) is 0 Å². The van der Waals surface area contributed by atoms with Gasteiger partial charge in [0.2, 0.25) is 0 Å². The molecule has 0 amide bonds. The molecule has 1 unspecified atom stereocenters. The molecular weight excluding hydrogens is 300 g/mol. The Hall–Kier alpha value is -0.900. The molecular formula is C17H23ClN2S. The smallest absolute Gasteiger partial charge is 0.0985 e. The van der Waals surface area contributed by atoms with Crippen LogP contribution < -0.4 is 5.32 Å². The zero-order valence-electron chi connectivity index (χ0n) is 13.3. The zero-order chi connectivity index (χ0) is 15.6. The first-order chi connectivity index (χ1) is 9.77. The Morgan fingerprint density at radius 3 is 2.62 bits per heavy atom. The van der Waals surface area contributed by atoms with E-state index in [0.29, 0.717) is 0 Å². The number of hydrogen-bond acceptors (Lipinski definition) is 3. The molecule has 1 aromatic carbocycles. The summed E-state index contributed by atoms with van der Waals surface area (Å²) in [5.41, 5.74) is 2.45. The van der Waals surface area contributed by atoms with Gasteiger partial charge in [0.05, 0.1) is 10.7 Å². The van der Waals surface area contributed by atoms with Crippen molar-refractivity contribution in [3.63, 3.8) is 0 Å². The van der Waals surface area contributed by atoms with E-state index >= 15 is 0 Å². The van der Waals surface area contributed by atoms with Crippen molar-refractivity contribution in [2.75, 3.05) is 0 Å². The van der Waals surface area contributed by atoms with Gasteiger partial charge in [-0.05, 0) is 31.5 Å². The van der Waals surface area contributed by atoms with Crippen molar-refractivity contribution in [2.45, 2.75) is 52.6 Å². The van der Waals surface area contributed by atoms with Crippen LogP contribution >= 0.6 is 22.9 Å². The van der Waals surface area contributed by atoms with Crippen LogP contribution in [0.2, 0.25) is 5.02 Å². The number of benzene rings is 1. The fourth-order valence-corrected chi connectivity index (χ4v) is 3.50. The lowest BCUT2D eigenvalue weighted by atomic mass is 9.98. The highest BCUT2D eigenvalue weighted by Gasteiger charge is 2.22. The van der Waals surface area contributed by atoms with Crippen molar-refractivity contribution in [3.8, 4) is 0 Å². The van der Waals surface area contributed by atoms with Crippen LogP contribution in [-0.4, -0.2) is 4.98 Å². The molecule has 0 fully saturated rings. The van der Waals surface area contributed by atoms with Gasteiger partial charge in [-0.15, -0.1) is 11.3 Å². The molecule has 0 aliphatic rings. The highest BCUT2D eigenvalue weighted by atomic mass is 35.5. The lowest BCUT2D eigenvalue weighted by molar-refractivity contribution is 0.577. The van der Waals surface area contributed by atoms with E-state index in [-0.39, 0.29) is 11.5 Å². The molecule has 1 aromatic heterocycles. The van der Waals surface area contributed by atoms with E-state index in [1.165, 1.54) is 15.4 Å². The molecule has 0 bridgehead atoms. The van der Waals surface area contributed by atoms with Gasteiger partial charge in [0.1, 0.15) is 0 Å². The molecule has 21 heavy (non-hydrogen) atoms. The third kappa shape index (κ3) is 4.29. The Labute approximate surface area is 136 Å². The molecule has 0 saturated heterocycles. The average molecular weight is 323 g/mol. The summed E-state index contributed by atoms with van der Waals surface area (Å²) in [7, 11) is 0. The summed E-state index contributed by atoms with van der Waals surface area (Å²) in [6.07, 6.45) is 0. The van der Waals surface area contributed by atoms with E-state index < -0.39 is 0 Å². The van der Waals surface area contributed by atoms with Crippen LogP contribution in [-0.2, 0) is 12.0 Å². The Balaban J connectivity index is 2.07. The van der Waals surface area contributed by atoms with Gasteiger partial charge >= 0.3 is 0 Å². The van der Waals surface area contributed by atoms with Crippen LogP contribution in [0.1, 0.15) is 54.9 Å². The fraction of sp³-hybridized carbons (Fsp3) is 0.471. The Morgan fingerprint density at radius 2 is 2.05 bits per heavy atom. The van der Waals surface area contributed by atoms with Crippen molar-refractivity contribution in [2.24, 2.45) is 0 Å². The molecule has 0 saturated carbocycles. The van der Waals surface area contributed by atoms with Crippen molar-refractivity contribution < 1.29 is 0 Å². The maximum atomic E-state index is 6.02. The summed E-state index contributed by atoms with van der Waals surface area (Å²) in [6, 6.07) is 8.27. The lowest BCUT2D eigenvalue weighted by Crippen LogP contribution is -2.17. The zero-order valence-corrected chi connectivity index (χ0v) is 14.9. The average Bonchev–Trinajstić information content (AvgIpc) is 2.78. The number of thiazole rings is 1. The van der Waals surface area contributed by atoms with Gasteiger partial charge in [0.25, 0.3) is 0 Å². The topological polar surface area (TPSA) is 24.9 Å². The molecule has 1 heterocycles. The largest absolute Gasteiger partial charge is 0.305 e. The second-order valence-electron chi connectivity index (χ2n) is 6.45. The molecule has 0 aliphatic carbocycles. The first-order valence-corrected chi connectivity index (χ1v) is 8.42. The highest BCUT2D eigenvalue weighted by molar-refractivity contribution is 7.12. The molecule has 4 heteroatoms. The quantitative estimate of drug-likeness (QED) is 0.831. The lowest BCUT2D eigenvalue weighted by Gasteiger charge is -2.15. The minimum Gasteiger partial charge on any atom is -0.305 e. The SMILES string of the molecule is Cc1nc(C(C)(C)C)sc1C(C)NCc1cccc(Cl)c1. The van der Waals surface area contributed by atoms with Crippen LogP contribution in [0.25, 0.3) is 0 Å². The Bertz CT molecular complexity index is 613. The summed E-state index contributed by atoms with van der Waals surface area (Å²) in [4.78, 5) is 6.05. The Kier molecular flexibility index (Phi) is 5.07. The molecule has 2 nitrogen and oxygen atoms in total. The van der Waals surface area contributed by atoms with Crippen molar-refractivity contribution in [3.05, 3.63) is 50.4 Å². The van der Waals surface area contributed by atoms with Crippen LogP contribution in [0.4, 0.5) is 0 Å². The number of aryl methyl sites for hydroxylation is 1. The predicted octanol–water partition coefficient (Wildman–Crippen LogP) is 5.25. The van der Waals surface area contributed by atoms with Crippen LogP contribution in [0.3, 0.4) is 0 Å². The molecule has 1 atom stereocenters. The summed E-state index contributed by atoms with van der Waals surface area (Å²) < 4.78 is 0. The molecule has 2 rings (SSSR count). The van der Waals surface area contributed by atoms with E-state index in [1.807, 2.05) is 29.5 Å². The van der Waals surface area contributed by atoms with Crippen molar-refractivity contribution in [1.82, 2.24) is 10.3 Å². The van der Waals surface area contributed by atoms with E-state index in [9.17, 15) is 0 Å². The molecule has 1 N–H and O–H groups in total. The third-order valence-electron chi connectivity index (χ3n) is 3.37. The highest BCUT2D eigenvalue weighted by Crippen LogP contribution is 2.32. The second kappa shape index (κ2) is 6.47. The molecule has 0 aliphatic heterocycles. The van der Waals surface area contributed by atoms with Crippen LogP contribution in [0, 0.1) is 6.92 Å². The summed E-state index contributed by atoms with van der Waals surface area (Å²) in [5.74, 6) is 0. The molecule has 0 radical (unpaired) electrons. The minimum atomic E-state index is 0.111. The predicted molar refractivity (Wildman–Crippen MR) is 92.3 cm³/mol. The summed E-state index contributed by atoms with van der Waals surface area (Å²) in [6.45, 7) is 11.7. The maximum Gasteiger partial charge on any atom is 0.0985 e. The van der Waals surface area contributed by atoms with Gasteiger partial charge in [-0.2, -0.15) is 0 Å². The standard InChI is InChI=1S/C17H23ClN2S/c1-11(19-10-13-7-6-8-14(18)9-13)15-12(2)20-16(21-15)17(3,4)5/h6-9,11,19H,10H2,1-5H3. The molecule has 114 valence electrons. The number of nitrogens with one attached hydrogen (secondary N) is 1. The third-order valence-corrected chi connectivity index (χ3v) is 5.37. The van der Waals surface area contributed by atoms with Crippen molar-refractivity contribution >= 4 is 22.9 Å². The number of rotatable bonds is 4. The van der Waals surface area contributed by atoms with E-state index in [0.717, 1.165) is 17.3 Å². The first kappa shape index (κ1) is 16.5. The fourth-order valence-electron chi connectivity index (χ4n) is 2.14. The number of aromatic nitrogens is 1. The Morgan fingerprint density at radius 1 is 1.33 bits per heavy atom. The van der Waals surface area contributed by atoms with Gasteiger partial charge in [0.15, 0.2) is 0 Å². The summed E-state index contributed by atoms with van der Waals surface area (Å²) in [5, 5.41) is 5.54.